The van der Waals surface area contributed by atoms with Crippen molar-refractivity contribution in [2.45, 2.75) is 5.16 Å². The van der Waals surface area contributed by atoms with E-state index in [1.165, 1.54) is 11.8 Å². The number of nitrogens with one attached hydrogen (secondary N) is 1. The maximum atomic E-state index is 12.2. The van der Waals surface area contributed by atoms with Gasteiger partial charge in [0.15, 0.2) is 11.0 Å². The molecule has 1 amide bonds. The fourth-order valence-corrected chi connectivity index (χ4v) is 3.44. The Labute approximate surface area is 171 Å². The molecule has 0 spiro atoms. The number of benzene rings is 2. The Hall–Kier alpha value is -2.32. The molecule has 3 aromatic rings. The quantitative estimate of drug-likeness (QED) is 0.579. The van der Waals surface area contributed by atoms with E-state index in [9.17, 15) is 4.79 Å². The van der Waals surface area contributed by atoms with Gasteiger partial charge in [-0.25, -0.2) is 0 Å². The number of nitrogens with zero attached hydrogens (tertiary/aromatic N) is 4. The third-order valence-electron chi connectivity index (χ3n) is 3.94. The van der Waals surface area contributed by atoms with Crippen LogP contribution in [-0.4, -0.2) is 40.5 Å². The molecule has 140 valence electrons. The summed E-state index contributed by atoms with van der Waals surface area (Å²) < 4.78 is 2.88. The van der Waals surface area contributed by atoms with E-state index in [1.54, 1.807) is 0 Å². The Morgan fingerprint density at radius 3 is 2.41 bits per heavy atom. The Morgan fingerprint density at radius 2 is 1.78 bits per heavy atom. The summed E-state index contributed by atoms with van der Waals surface area (Å²) in [5.41, 5.74) is 2.88. The highest BCUT2D eigenvalue weighted by molar-refractivity contribution is 9.10. The van der Waals surface area contributed by atoms with E-state index < -0.39 is 0 Å². The van der Waals surface area contributed by atoms with Gasteiger partial charge in [-0.3, -0.25) is 4.79 Å². The van der Waals surface area contributed by atoms with Crippen LogP contribution in [0.5, 0.6) is 0 Å². The lowest BCUT2D eigenvalue weighted by Gasteiger charge is -2.12. The number of halogens is 1. The molecule has 1 heterocycles. The fourth-order valence-electron chi connectivity index (χ4n) is 2.46. The molecule has 3 rings (SSSR count). The summed E-state index contributed by atoms with van der Waals surface area (Å²) in [7, 11) is 5.92. The highest BCUT2D eigenvalue weighted by atomic mass is 79.9. The smallest absolute Gasteiger partial charge is 0.234 e. The molecule has 0 atom stereocenters. The summed E-state index contributed by atoms with van der Waals surface area (Å²) in [5.74, 6) is 0.958. The van der Waals surface area contributed by atoms with Gasteiger partial charge in [-0.2, -0.15) is 0 Å². The summed E-state index contributed by atoms with van der Waals surface area (Å²) in [6, 6.07) is 15.6. The van der Waals surface area contributed by atoms with Crippen LogP contribution in [0.15, 0.2) is 58.2 Å². The van der Waals surface area contributed by atoms with Gasteiger partial charge in [-0.05, 0) is 48.5 Å². The molecule has 1 N–H and O–H groups in total. The van der Waals surface area contributed by atoms with Crippen molar-refractivity contribution in [2.24, 2.45) is 7.05 Å². The summed E-state index contributed by atoms with van der Waals surface area (Å²) in [6.45, 7) is 0. The average Bonchev–Trinajstić information content (AvgIpc) is 3.02. The zero-order valence-electron chi connectivity index (χ0n) is 15.3. The van der Waals surface area contributed by atoms with E-state index in [-0.39, 0.29) is 11.7 Å². The van der Waals surface area contributed by atoms with Crippen LogP contribution in [0.4, 0.5) is 11.4 Å². The van der Waals surface area contributed by atoms with Gasteiger partial charge < -0.3 is 14.8 Å². The lowest BCUT2D eigenvalue weighted by molar-refractivity contribution is -0.113. The van der Waals surface area contributed by atoms with E-state index in [2.05, 4.69) is 31.4 Å². The van der Waals surface area contributed by atoms with Crippen LogP contribution in [0.2, 0.25) is 0 Å². The number of carbonyl (C=O) groups excluding carboxylic acids is 1. The first-order valence-electron chi connectivity index (χ1n) is 8.29. The Balaban J connectivity index is 1.63. The topological polar surface area (TPSA) is 63.1 Å². The molecule has 0 radical (unpaired) electrons. The minimum Gasteiger partial charge on any atom is -0.378 e. The van der Waals surface area contributed by atoms with Gasteiger partial charge in [0.1, 0.15) is 0 Å². The van der Waals surface area contributed by atoms with Crippen LogP contribution < -0.4 is 10.2 Å². The highest BCUT2D eigenvalue weighted by Gasteiger charge is 2.13. The first kappa shape index (κ1) is 19.4. The van der Waals surface area contributed by atoms with E-state index in [0.29, 0.717) is 5.16 Å². The number of hydrogen-bond acceptors (Lipinski definition) is 5. The lowest BCUT2D eigenvalue weighted by Crippen LogP contribution is -2.14. The first-order valence-corrected chi connectivity index (χ1v) is 10.1. The van der Waals surface area contributed by atoms with E-state index >= 15 is 0 Å². The number of rotatable bonds is 6. The number of hydrogen-bond donors (Lipinski definition) is 1. The Morgan fingerprint density at radius 1 is 1.11 bits per heavy atom. The molecular weight excluding hydrogens is 426 g/mol. The molecule has 0 saturated carbocycles. The molecule has 0 fully saturated rings. The number of aromatic nitrogens is 3. The number of anilines is 2. The standard InChI is InChI=1S/C19H20BrN5OS/c1-24(2)16-10-4-13(5-11-16)18-22-23-19(25(18)3)27-12-17(26)21-15-8-6-14(20)7-9-15/h4-11H,12H2,1-3H3,(H,21,26). The third-order valence-corrected chi connectivity index (χ3v) is 5.49. The molecule has 2 aromatic carbocycles. The van der Waals surface area contributed by atoms with E-state index in [1.807, 2.05) is 79.1 Å². The van der Waals surface area contributed by atoms with Gasteiger partial charge >= 0.3 is 0 Å². The third kappa shape index (κ3) is 4.90. The zero-order chi connectivity index (χ0) is 19.4. The van der Waals surface area contributed by atoms with Crippen LogP contribution in [-0.2, 0) is 11.8 Å². The predicted octanol–water partition coefficient (Wildman–Crippen LogP) is 4.04. The van der Waals surface area contributed by atoms with E-state index in [4.69, 9.17) is 0 Å². The van der Waals surface area contributed by atoms with Crippen LogP contribution in [0, 0.1) is 0 Å². The molecular formula is C19H20BrN5OS. The number of amides is 1. The molecule has 0 bridgehead atoms. The average molecular weight is 446 g/mol. The van der Waals surface area contributed by atoms with Crippen LogP contribution >= 0.6 is 27.7 Å². The molecule has 0 saturated heterocycles. The molecule has 8 heteroatoms. The van der Waals surface area contributed by atoms with Gasteiger partial charge in [0, 0.05) is 42.6 Å². The van der Waals surface area contributed by atoms with Crippen molar-refractivity contribution in [1.82, 2.24) is 14.8 Å². The van der Waals surface area contributed by atoms with Crippen LogP contribution in [0.3, 0.4) is 0 Å². The Bertz CT molecular complexity index is 922. The van der Waals surface area contributed by atoms with Crippen molar-refractivity contribution < 1.29 is 4.79 Å². The largest absolute Gasteiger partial charge is 0.378 e. The molecule has 0 aliphatic carbocycles. The summed E-state index contributed by atoms with van der Waals surface area (Å²) in [6.07, 6.45) is 0. The first-order chi connectivity index (χ1) is 12.9. The second-order valence-corrected chi connectivity index (χ2v) is 8.01. The van der Waals surface area contributed by atoms with Crippen LogP contribution in [0.25, 0.3) is 11.4 Å². The maximum absolute atomic E-state index is 12.2. The van der Waals surface area contributed by atoms with Crippen molar-refractivity contribution in [3.05, 3.63) is 53.0 Å². The molecule has 27 heavy (non-hydrogen) atoms. The summed E-state index contributed by atoms with van der Waals surface area (Å²) in [4.78, 5) is 14.2. The second kappa shape index (κ2) is 8.58. The van der Waals surface area contributed by atoms with Crippen molar-refractivity contribution in [1.29, 1.82) is 0 Å². The van der Waals surface area contributed by atoms with Crippen LogP contribution in [0.1, 0.15) is 0 Å². The molecule has 0 aliphatic rings. The molecule has 0 aliphatic heterocycles. The predicted molar refractivity (Wildman–Crippen MR) is 114 cm³/mol. The number of carbonyl (C=O) groups is 1. The van der Waals surface area contributed by atoms with Crippen molar-refractivity contribution in [2.75, 3.05) is 30.1 Å². The minimum absolute atomic E-state index is 0.0813. The SMILES string of the molecule is CN(C)c1ccc(-c2nnc(SCC(=O)Nc3ccc(Br)cc3)n2C)cc1. The summed E-state index contributed by atoms with van der Waals surface area (Å²) in [5, 5.41) is 12.1. The monoisotopic (exact) mass is 445 g/mol. The number of thioether (sulfide) groups is 1. The fraction of sp³-hybridized carbons (Fsp3) is 0.211. The Kier molecular flexibility index (Phi) is 6.18. The van der Waals surface area contributed by atoms with Crippen molar-refractivity contribution in [3.8, 4) is 11.4 Å². The van der Waals surface area contributed by atoms with Gasteiger partial charge in [0.2, 0.25) is 5.91 Å². The van der Waals surface area contributed by atoms with Gasteiger partial charge in [-0.15, -0.1) is 10.2 Å². The van der Waals surface area contributed by atoms with Gasteiger partial charge in [0.25, 0.3) is 0 Å². The molecule has 1 aromatic heterocycles. The summed E-state index contributed by atoms with van der Waals surface area (Å²) >= 11 is 4.74. The van der Waals surface area contributed by atoms with Gasteiger partial charge in [0.05, 0.1) is 5.75 Å². The van der Waals surface area contributed by atoms with Gasteiger partial charge in [-0.1, -0.05) is 27.7 Å². The highest BCUT2D eigenvalue weighted by Crippen LogP contribution is 2.24. The lowest BCUT2D eigenvalue weighted by atomic mass is 10.2. The van der Waals surface area contributed by atoms with Crippen molar-refractivity contribution >= 4 is 45.0 Å². The zero-order valence-corrected chi connectivity index (χ0v) is 17.7. The molecule has 0 unspecified atom stereocenters. The minimum atomic E-state index is -0.0813. The maximum Gasteiger partial charge on any atom is 0.234 e. The molecule has 6 nitrogen and oxygen atoms in total. The normalized spacial score (nSPS) is 10.7. The van der Waals surface area contributed by atoms with E-state index in [0.717, 1.165) is 27.2 Å². The van der Waals surface area contributed by atoms with Crippen molar-refractivity contribution in [3.63, 3.8) is 0 Å². The second-order valence-electron chi connectivity index (χ2n) is 6.15.